The van der Waals surface area contributed by atoms with Gasteiger partial charge in [-0.15, -0.1) is 0 Å². The number of carbonyl (C=O) groups excluding carboxylic acids is 1. The Morgan fingerprint density at radius 2 is 1.95 bits per heavy atom. The van der Waals surface area contributed by atoms with Crippen molar-refractivity contribution in [2.75, 3.05) is 13.2 Å². The van der Waals surface area contributed by atoms with Crippen LogP contribution in [0.15, 0.2) is 36.7 Å². The Hall–Kier alpha value is -2.25. The molecule has 1 aliphatic heterocycles. The van der Waals surface area contributed by atoms with Crippen molar-refractivity contribution < 1.29 is 9.63 Å². The minimum absolute atomic E-state index is 0.0175. The van der Waals surface area contributed by atoms with Crippen molar-refractivity contribution in [1.29, 1.82) is 0 Å². The Kier molecular flexibility index (Phi) is 4.17. The van der Waals surface area contributed by atoms with Crippen LogP contribution >= 0.6 is 0 Å². The van der Waals surface area contributed by atoms with Crippen LogP contribution in [0.4, 0.5) is 0 Å². The first-order chi connectivity index (χ1) is 10.7. The summed E-state index contributed by atoms with van der Waals surface area (Å²) >= 11 is 0. The SMILES string of the molecule is C[C@@H]1CONC[C@H](C)N1C(=O)c1ccccc1-n1nccn1. The number of hydrogen-bond acceptors (Lipinski definition) is 5. The molecule has 116 valence electrons. The van der Waals surface area contributed by atoms with Crippen LogP contribution in [0.2, 0.25) is 0 Å². The Morgan fingerprint density at radius 1 is 1.23 bits per heavy atom. The summed E-state index contributed by atoms with van der Waals surface area (Å²) in [5.41, 5.74) is 4.14. The van der Waals surface area contributed by atoms with E-state index < -0.39 is 0 Å². The van der Waals surface area contributed by atoms with E-state index in [1.54, 1.807) is 18.5 Å². The number of nitrogens with one attached hydrogen (secondary N) is 1. The standard InChI is InChI=1S/C15H19N5O2/c1-11-9-18-22-10-12(2)19(11)15(21)13-5-3-4-6-14(13)20-16-7-8-17-20/h3-8,11-12,18H,9-10H2,1-2H3/t11-,12+/m0/s1. The summed E-state index contributed by atoms with van der Waals surface area (Å²) in [6.45, 7) is 5.04. The monoisotopic (exact) mass is 301 g/mol. The van der Waals surface area contributed by atoms with Crippen molar-refractivity contribution >= 4 is 5.91 Å². The van der Waals surface area contributed by atoms with Crippen LogP contribution in [-0.4, -0.2) is 51.0 Å². The van der Waals surface area contributed by atoms with Gasteiger partial charge in [0.05, 0.1) is 36.3 Å². The number of aromatic nitrogens is 3. The molecular weight excluding hydrogens is 282 g/mol. The lowest BCUT2D eigenvalue weighted by Crippen LogP contribution is -2.47. The molecule has 3 rings (SSSR count). The van der Waals surface area contributed by atoms with Crippen LogP contribution in [0, 0.1) is 0 Å². The molecule has 1 fully saturated rings. The van der Waals surface area contributed by atoms with Gasteiger partial charge in [0, 0.05) is 12.6 Å². The highest BCUT2D eigenvalue weighted by Gasteiger charge is 2.30. The fourth-order valence-corrected chi connectivity index (χ4v) is 2.68. The summed E-state index contributed by atoms with van der Waals surface area (Å²) in [5.74, 6) is -0.0415. The minimum Gasteiger partial charge on any atom is -0.329 e. The highest BCUT2D eigenvalue weighted by atomic mass is 16.6. The van der Waals surface area contributed by atoms with E-state index in [4.69, 9.17) is 4.84 Å². The van der Waals surface area contributed by atoms with Gasteiger partial charge in [-0.2, -0.15) is 15.0 Å². The zero-order chi connectivity index (χ0) is 15.5. The molecule has 0 spiro atoms. The number of rotatable bonds is 2. The molecule has 0 unspecified atom stereocenters. The number of para-hydroxylation sites is 1. The van der Waals surface area contributed by atoms with Crippen molar-refractivity contribution in [3.8, 4) is 5.69 Å². The molecule has 0 radical (unpaired) electrons. The molecular formula is C15H19N5O2. The minimum atomic E-state index is -0.0415. The van der Waals surface area contributed by atoms with E-state index >= 15 is 0 Å². The Bertz CT molecular complexity index is 631. The average molecular weight is 301 g/mol. The van der Waals surface area contributed by atoms with Gasteiger partial charge in [-0.1, -0.05) is 12.1 Å². The maximum atomic E-state index is 13.1. The van der Waals surface area contributed by atoms with E-state index in [0.29, 0.717) is 24.4 Å². The van der Waals surface area contributed by atoms with Crippen LogP contribution < -0.4 is 5.48 Å². The summed E-state index contributed by atoms with van der Waals surface area (Å²) in [7, 11) is 0. The van der Waals surface area contributed by atoms with Crippen molar-refractivity contribution in [3.63, 3.8) is 0 Å². The summed E-state index contributed by atoms with van der Waals surface area (Å²) in [6, 6.07) is 7.38. The molecule has 1 saturated heterocycles. The summed E-state index contributed by atoms with van der Waals surface area (Å²) in [4.78, 5) is 21.7. The molecule has 7 nitrogen and oxygen atoms in total. The van der Waals surface area contributed by atoms with Crippen LogP contribution in [0.3, 0.4) is 0 Å². The zero-order valence-corrected chi connectivity index (χ0v) is 12.6. The second-order valence-corrected chi connectivity index (χ2v) is 5.41. The average Bonchev–Trinajstić information content (AvgIpc) is 3.00. The Morgan fingerprint density at radius 3 is 2.73 bits per heavy atom. The highest BCUT2D eigenvalue weighted by Crippen LogP contribution is 2.19. The summed E-state index contributed by atoms with van der Waals surface area (Å²) < 4.78 is 0. The molecule has 2 heterocycles. The number of carbonyl (C=O) groups is 1. The van der Waals surface area contributed by atoms with E-state index in [0.717, 1.165) is 0 Å². The van der Waals surface area contributed by atoms with Gasteiger partial charge in [-0.05, 0) is 26.0 Å². The van der Waals surface area contributed by atoms with E-state index in [9.17, 15) is 4.79 Å². The van der Waals surface area contributed by atoms with Crippen LogP contribution in [-0.2, 0) is 4.84 Å². The summed E-state index contributed by atoms with van der Waals surface area (Å²) in [5, 5.41) is 8.26. The first-order valence-corrected chi connectivity index (χ1v) is 7.31. The maximum Gasteiger partial charge on any atom is 0.256 e. The van der Waals surface area contributed by atoms with Gasteiger partial charge < -0.3 is 4.90 Å². The van der Waals surface area contributed by atoms with Crippen molar-refractivity contribution in [3.05, 3.63) is 42.2 Å². The molecule has 22 heavy (non-hydrogen) atoms. The molecule has 2 aromatic rings. The van der Waals surface area contributed by atoms with Crippen molar-refractivity contribution in [2.24, 2.45) is 0 Å². The topological polar surface area (TPSA) is 72.3 Å². The third kappa shape index (κ3) is 2.72. The molecule has 1 aromatic carbocycles. The smallest absolute Gasteiger partial charge is 0.256 e. The molecule has 0 bridgehead atoms. The van der Waals surface area contributed by atoms with E-state index in [1.165, 1.54) is 4.80 Å². The van der Waals surface area contributed by atoms with Gasteiger partial charge in [0.2, 0.25) is 0 Å². The van der Waals surface area contributed by atoms with Gasteiger partial charge >= 0.3 is 0 Å². The molecule has 1 amide bonds. The van der Waals surface area contributed by atoms with Gasteiger partial charge in [0.15, 0.2) is 0 Å². The van der Waals surface area contributed by atoms with E-state index in [1.807, 2.05) is 36.9 Å². The van der Waals surface area contributed by atoms with Crippen LogP contribution in [0.5, 0.6) is 0 Å². The van der Waals surface area contributed by atoms with Gasteiger partial charge in [-0.25, -0.2) is 5.48 Å². The predicted octanol–water partition coefficient (Wildman–Crippen LogP) is 1.02. The first-order valence-electron chi connectivity index (χ1n) is 7.31. The van der Waals surface area contributed by atoms with Gasteiger partial charge in [-0.3, -0.25) is 9.63 Å². The van der Waals surface area contributed by atoms with Crippen LogP contribution in [0.1, 0.15) is 24.2 Å². The normalized spacial score (nSPS) is 22.4. The fraction of sp³-hybridized carbons (Fsp3) is 0.400. The number of hydrogen-bond donors (Lipinski definition) is 1. The molecule has 1 aliphatic rings. The lowest BCUT2D eigenvalue weighted by atomic mass is 10.1. The van der Waals surface area contributed by atoms with Crippen molar-refractivity contribution in [2.45, 2.75) is 25.9 Å². The predicted molar refractivity (Wildman–Crippen MR) is 80.4 cm³/mol. The number of nitrogens with zero attached hydrogens (tertiary/aromatic N) is 4. The number of hydroxylamine groups is 1. The van der Waals surface area contributed by atoms with Crippen LogP contribution in [0.25, 0.3) is 5.69 Å². The largest absolute Gasteiger partial charge is 0.329 e. The number of benzene rings is 1. The molecule has 1 aromatic heterocycles. The maximum absolute atomic E-state index is 13.1. The molecule has 7 heteroatoms. The second kappa shape index (κ2) is 6.25. The lowest BCUT2D eigenvalue weighted by Gasteiger charge is -2.31. The van der Waals surface area contributed by atoms with Crippen molar-refractivity contribution in [1.82, 2.24) is 25.4 Å². The third-order valence-electron chi connectivity index (χ3n) is 3.76. The molecule has 0 saturated carbocycles. The second-order valence-electron chi connectivity index (χ2n) is 5.41. The van der Waals surface area contributed by atoms with E-state index in [2.05, 4.69) is 15.7 Å². The molecule has 0 aliphatic carbocycles. The highest BCUT2D eigenvalue weighted by molar-refractivity contribution is 5.98. The molecule has 1 N–H and O–H groups in total. The Balaban J connectivity index is 1.98. The number of amides is 1. The zero-order valence-electron chi connectivity index (χ0n) is 12.6. The third-order valence-corrected chi connectivity index (χ3v) is 3.76. The van der Waals surface area contributed by atoms with E-state index in [-0.39, 0.29) is 18.0 Å². The summed E-state index contributed by atoms with van der Waals surface area (Å²) in [6.07, 6.45) is 3.19. The molecule has 2 atom stereocenters. The van der Waals surface area contributed by atoms with Gasteiger partial charge in [0.25, 0.3) is 5.91 Å². The Labute approximate surface area is 128 Å². The first kappa shape index (κ1) is 14.7. The lowest BCUT2D eigenvalue weighted by molar-refractivity contribution is 0.0341. The quantitative estimate of drug-likeness (QED) is 0.896. The van der Waals surface area contributed by atoms with Gasteiger partial charge in [0.1, 0.15) is 0 Å². The fourth-order valence-electron chi connectivity index (χ4n) is 2.68.